The molecule has 1 heterocycles. The molecule has 0 aromatic heterocycles. The minimum atomic E-state index is -0.728. The molecule has 3 aromatic carbocycles. The number of carbonyl (C=O) groups excluding carboxylic acids is 2. The molecule has 0 aliphatic carbocycles. The molecule has 0 spiro atoms. The van der Waals surface area contributed by atoms with Crippen LogP contribution in [0.5, 0.6) is 28.7 Å². The average molecular weight is 534 g/mol. The third-order valence-electron chi connectivity index (χ3n) is 5.54. The highest BCUT2D eigenvalue weighted by Gasteiger charge is 2.27. The minimum absolute atomic E-state index is 0.0245. The zero-order chi connectivity index (χ0) is 28.1. The molecule has 1 aliphatic heterocycles. The first-order valence-corrected chi connectivity index (χ1v) is 11.3. The van der Waals surface area contributed by atoms with Crippen molar-refractivity contribution in [1.29, 1.82) is 0 Å². The molecule has 0 amide bonds. The van der Waals surface area contributed by atoms with Crippen molar-refractivity contribution in [3.05, 3.63) is 87.1 Å². The summed E-state index contributed by atoms with van der Waals surface area (Å²) >= 11 is 0. The third kappa shape index (κ3) is 5.64. The summed E-state index contributed by atoms with van der Waals surface area (Å²) in [5, 5.41) is 10.8. The summed E-state index contributed by atoms with van der Waals surface area (Å²) in [5.74, 6) is 0.0772. The molecule has 1 aliphatic rings. The van der Waals surface area contributed by atoms with Crippen LogP contribution in [0.15, 0.2) is 65.3 Å². The van der Waals surface area contributed by atoms with Crippen LogP contribution in [-0.2, 0) is 9.53 Å². The molecule has 0 unspecified atom stereocenters. The van der Waals surface area contributed by atoms with E-state index in [-0.39, 0.29) is 34.3 Å². The van der Waals surface area contributed by atoms with Gasteiger partial charge in [0.25, 0.3) is 5.69 Å². The van der Waals surface area contributed by atoms with Gasteiger partial charge in [0.1, 0.15) is 0 Å². The minimum Gasteiger partial charge on any atom is -0.493 e. The number of non-ortho nitro benzene ring substituents is 1. The maximum absolute atomic E-state index is 12.5. The number of carbonyl (C=O) groups is 2. The maximum Gasteiger partial charge on any atom is 0.363 e. The fraction of sp³-hybridized carbons (Fsp3) is 0.148. The number of methoxy groups -OCH3 is 4. The van der Waals surface area contributed by atoms with Gasteiger partial charge in [0.15, 0.2) is 28.7 Å². The molecule has 0 atom stereocenters. The van der Waals surface area contributed by atoms with Crippen LogP contribution in [0.3, 0.4) is 0 Å². The largest absolute Gasteiger partial charge is 0.493 e. The standard InChI is InChI=1S/C27H22N2O10/c1-34-21-12-15(5-10-20(21)38-26(30)16-6-8-18(9-7-16)29(32)33)11-19-27(31)39-25(28-19)17-13-22(35-2)24(37-4)23(14-17)36-3/h5-14H,1-4H3/b19-11-. The summed E-state index contributed by atoms with van der Waals surface area (Å²) < 4.78 is 32.1. The Balaban J connectivity index is 1.58. The second-order valence-electron chi connectivity index (χ2n) is 7.85. The molecule has 3 aromatic rings. The normalized spacial score (nSPS) is 13.4. The van der Waals surface area contributed by atoms with Gasteiger partial charge in [0.05, 0.1) is 38.9 Å². The number of cyclic esters (lactones) is 1. The fourth-order valence-corrected chi connectivity index (χ4v) is 3.63. The van der Waals surface area contributed by atoms with Gasteiger partial charge in [0, 0.05) is 17.7 Å². The van der Waals surface area contributed by atoms with E-state index in [4.69, 9.17) is 28.4 Å². The van der Waals surface area contributed by atoms with Crippen LogP contribution >= 0.6 is 0 Å². The van der Waals surface area contributed by atoms with Crippen molar-refractivity contribution < 1.29 is 42.9 Å². The highest BCUT2D eigenvalue weighted by atomic mass is 16.6. The van der Waals surface area contributed by atoms with E-state index in [9.17, 15) is 19.7 Å². The molecular weight excluding hydrogens is 512 g/mol. The van der Waals surface area contributed by atoms with Crippen molar-refractivity contribution in [1.82, 2.24) is 0 Å². The second-order valence-corrected chi connectivity index (χ2v) is 7.85. The lowest BCUT2D eigenvalue weighted by Crippen LogP contribution is -2.09. The lowest BCUT2D eigenvalue weighted by molar-refractivity contribution is -0.384. The highest BCUT2D eigenvalue weighted by Crippen LogP contribution is 2.39. The van der Waals surface area contributed by atoms with Gasteiger partial charge in [-0.1, -0.05) is 6.07 Å². The Labute approximate surface area is 222 Å². The zero-order valence-electron chi connectivity index (χ0n) is 21.3. The Hall–Kier alpha value is -5.39. The Morgan fingerprint density at radius 2 is 1.51 bits per heavy atom. The third-order valence-corrected chi connectivity index (χ3v) is 5.54. The zero-order valence-corrected chi connectivity index (χ0v) is 21.3. The van der Waals surface area contributed by atoms with E-state index in [1.807, 2.05) is 0 Å². The van der Waals surface area contributed by atoms with Gasteiger partial charge in [-0.3, -0.25) is 10.1 Å². The van der Waals surface area contributed by atoms with Crippen molar-refractivity contribution in [3.63, 3.8) is 0 Å². The number of nitro benzene ring substituents is 1. The molecule has 12 nitrogen and oxygen atoms in total. The lowest BCUT2D eigenvalue weighted by Gasteiger charge is -2.13. The van der Waals surface area contributed by atoms with Crippen molar-refractivity contribution in [2.45, 2.75) is 0 Å². The van der Waals surface area contributed by atoms with Gasteiger partial charge in [0.2, 0.25) is 11.6 Å². The number of benzene rings is 3. The van der Waals surface area contributed by atoms with Crippen LogP contribution in [-0.4, -0.2) is 51.2 Å². The first-order valence-electron chi connectivity index (χ1n) is 11.3. The van der Waals surface area contributed by atoms with Gasteiger partial charge in [-0.2, -0.15) is 0 Å². The van der Waals surface area contributed by atoms with Crippen LogP contribution < -0.4 is 23.7 Å². The molecule has 0 radical (unpaired) electrons. The number of hydrogen-bond donors (Lipinski definition) is 0. The summed E-state index contributed by atoms with van der Waals surface area (Å²) in [5.41, 5.74) is 0.951. The molecule has 0 fully saturated rings. The molecule has 200 valence electrons. The first-order chi connectivity index (χ1) is 18.8. The number of hydrogen-bond acceptors (Lipinski definition) is 11. The van der Waals surface area contributed by atoms with E-state index in [0.717, 1.165) is 0 Å². The Morgan fingerprint density at radius 3 is 2.08 bits per heavy atom. The van der Waals surface area contributed by atoms with E-state index in [1.54, 1.807) is 24.3 Å². The van der Waals surface area contributed by atoms with E-state index in [1.165, 1.54) is 64.8 Å². The molecule has 12 heteroatoms. The Morgan fingerprint density at radius 1 is 0.872 bits per heavy atom. The molecule has 0 bridgehead atoms. The van der Waals surface area contributed by atoms with Crippen LogP contribution in [0, 0.1) is 10.1 Å². The number of nitro groups is 1. The lowest BCUT2D eigenvalue weighted by atomic mass is 10.1. The molecule has 4 rings (SSSR count). The summed E-state index contributed by atoms with van der Waals surface area (Å²) in [6.45, 7) is 0. The van der Waals surface area contributed by atoms with Crippen LogP contribution in [0.1, 0.15) is 21.5 Å². The predicted molar refractivity (Wildman–Crippen MR) is 138 cm³/mol. The van der Waals surface area contributed by atoms with Gasteiger partial charge in [-0.05, 0) is 48.0 Å². The van der Waals surface area contributed by atoms with E-state index in [0.29, 0.717) is 28.4 Å². The van der Waals surface area contributed by atoms with Crippen LogP contribution in [0.2, 0.25) is 0 Å². The van der Waals surface area contributed by atoms with E-state index < -0.39 is 16.9 Å². The summed E-state index contributed by atoms with van der Waals surface area (Å²) in [4.78, 5) is 39.6. The van der Waals surface area contributed by atoms with Gasteiger partial charge < -0.3 is 28.4 Å². The van der Waals surface area contributed by atoms with Gasteiger partial charge in [-0.15, -0.1) is 0 Å². The Bertz CT molecular complexity index is 1480. The SMILES string of the molecule is COc1cc(/C=C2\N=C(c3cc(OC)c(OC)c(OC)c3)OC2=O)ccc1OC(=O)c1ccc([N+](=O)[O-])cc1. The summed E-state index contributed by atoms with van der Waals surface area (Å²) in [7, 11) is 5.80. The number of rotatable bonds is 9. The number of aliphatic imine (C=N–C) groups is 1. The van der Waals surface area contributed by atoms with Crippen molar-refractivity contribution >= 4 is 29.6 Å². The maximum atomic E-state index is 12.5. The second kappa shape index (κ2) is 11.3. The highest BCUT2D eigenvalue weighted by molar-refractivity contribution is 6.13. The average Bonchev–Trinajstić information content (AvgIpc) is 3.32. The van der Waals surface area contributed by atoms with Gasteiger partial charge >= 0.3 is 11.9 Å². The Kier molecular flexibility index (Phi) is 7.75. The van der Waals surface area contributed by atoms with Gasteiger partial charge in [-0.25, -0.2) is 14.6 Å². The van der Waals surface area contributed by atoms with Crippen molar-refractivity contribution in [3.8, 4) is 28.7 Å². The molecule has 39 heavy (non-hydrogen) atoms. The fourth-order valence-electron chi connectivity index (χ4n) is 3.63. The summed E-state index contributed by atoms with van der Waals surface area (Å²) in [6.07, 6.45) is 1.48. The number of nitrogens with zero attached hydrogens (tertiary/aromatic N) is 2. The predicted octanol–water partition coefficient (Wildman–Crippen LogP) is 4.19. The number of esters is 2. The van der Waals surface area contributed by atoms with E-state index >= 15 is 0 Å². The smallest absolute Gasteiger partial charge is 0.363 e. The van der Waals surface area contributed by atoms with Crippen molar-refractivity contribution in [2.75, 3.05) is 28.4 Å². The quantitative estimate of drug-likeness (QED) is 0.129. The molecular formula is C27H22N2O10. The number of ether oxygens (including phenoxy) is 6. The first kappa shape index (κ1) is 26.7. The van der Waals surface area contributed by atoms with Crippen LogP contribution in [0.4, 0.5) is 5.69 Å². The monoisotopic (exact) mass is 534 g/mol. The van der Waals surface area contributed by atoms with Crippen molar-refractivity contribution in [2.24, 2.45) is 4.99 Å². The molecule has 0 N–H and O–H groups in total. The molecule has 0 saturated carbocycles. The molecule has 0 saturated heterocycles. The van der Waals surface area contributed by atoms with E-state index in [2.05, 4.69) is 4.99 Å². The topological polar surface area (TPSA) is 145 Å². The van der Waals surface area contributed by atoms with Crippen LogP contribution in [0.25, 0.3) is 6.08 Å². The summed E-state index contributed by atoms with van der Waals surface area (Å²) in [6, 6.07) is 12.8.